The van der Waals surface area contributed by atoms with Gasteiger partial charge in [-0.2, -0.15) is 5.10 Å². The Morgan fingerprint density at radius 3 is 2.35 bits per heavy atom. The molecule has 4 rings (SSSR count). The number of benzene rings is 3. The van der Waals surface area contributed by atoms with Gasteiger partial charge in [0.1, 0.15) is 12.4 Å². The van der Waals surface area contributed by atoms with E-state index < -0.39 is 0 Å². The van der Waals surface area contributed by atoms with E-state index in [0.29, 0.717) is 17.9 Å². The lowest BCUT2D eigenvalue weighted by molar-refractivity contribution is -0.117. The van der Waals surface area contributed by atoms with Crippen LogP contribution in [0.15, 0.2) is 72.8 Å². The van der Waals surface area contributed by atoms with Gasteiger partial charge in [0.05, 0.1) is 11.4 Å². The largest absolute Gasteiger partial charge is 0.329 e. The number of aromatic nitrogens is 2. The Morgan fingerprint density at radius 2 is 1.68 bits per heavy atom. The third-order valence-electron chi connectivity index (χ3n) is 6.20. The van der Waals surface area contributed by atoms with Crippen molar-refractivity contribution < 1.29 is 9.59 Å². The smallest absolute Gasteiger partial charge is 0.254 e. The minimum atomic E-state index is -0.260. The number of aryl methyl sites for hydroxylation is 1. The third-order valence-corrected chi connectivity index (χ3v) is 6.20. The second kappa shape index (κ2) is 10.6. The lowest BCUT2D eigenvalue weighted by Gasteiger charge is -2.24. The molecule has 0 aliphatic rings. The van der Waals surface area contributed by atoms with Gasteiger partial charge in [-0.3, -0.25) is 9.59 Å². The fourth-order valence-electron chi connectivity index (χ4n) is 4.31. The Bertz CT molecular complexity index is 1430. The number of anilines is 1. The molecule has 6 nitrogen and oxygen atoms in total. The monoisotopic (exact) mass is 496 g/mol. The summed E-state index contributed by atoms with van der Waals surface area (Å²) in [5, 5.41) is 9.91. The molecule has 0 radical (unpaired) electrons. The molecule has 4 aromatic rings. The molecule has 3 aromatic carbocycles. The van der Waals surface area contributed by atoms with Crippen molar-refractivity contribution in [2.45, 2.75) is 47.0 Å². The van der Waals surface area contributed by atoms with Crippen LogP contribution in [-0.2, 0) is 10.2 Å². The van der Waals surface area contributed by atoms with Crippen LogP contribution in [0.5, 0.6) is 0 Å². The predicted molar refractivity (Wildman–Crippen MR) is 150 cm³/mol. The van der Waals surface area contributed by atoms with E-state index in [1.54, 1.807) is 9.58 Å². The van der Waals surface area contributed by atoms with Gasteiger partial charge in [0, 0.05) is 23.6 Å². The van der Waals surface area contributed by atoms with Gasteiger partial charge in [-0.15, -0.1) is 0 Å². The number of carbonyl (C=O) groups excluding carboxylic acids is 2. The number of nitrogens with zero attached hydrogens (tertiary/aromatic N) is 3. The van der Waals surface area contributed by atoms with E-state index in [0.717, 1.165) is 27.7 Å². The molecule has 0 aliphatic carbocycles. The van der Waals surface area contributed by atoms with Gasteiger partial charge in [-0.25, -0.2) is 4.68 Å². The summed E-state index contributed by atoms with van der Waals surface area (Å²) in [5.41, 5.74) is 3.23. The van der Waals surface area contributed by atoms with E-state index in [4.69, 9.17) is 5.10 Å². The maximum Gasteiger partial charge on any atom is 0.254 e. The maximum absolute atomic E-state index is 13.5. The quantitative estimate of drug-likeness (QED) is 0.323. The minimum absolute atomic E-state index is 0.0479. The van der Waals surface area contributed by atoms with Crippen LogP contribution in [-0.4, -0.2) is 39.6 Å². The van der Waals surface area contributed by atoms with E-state index in [1.165, 1.54) is 0 Å². The summed E-state index contributed by atoms with van der Waals surface area (Å²) in [6.07, 6.45) is 0. The number of rotatable bonds is 7. The van der Waals surface area contributed by atoms with Crippen molar-refractivity contribution in [1.29, 1.82) is 0 Å². The summed E-state index contributed by atoms with van der Waals surface area (Å²) < 4.78 is 1.77. The molecule has 0 atom stereocenters. The van der Waals surface area contributed by atoms with Gasteiger partial charge in [0.25, 0.3) is 5.91 Å². The zero-order valence-corrected chi connectivity index (χ0v) is 22.6. The van der Waals surface area contributed by atoms with Crippen molar-refractivity contribution in [2.24, 2.45) is 5.92 Å². The highest BCUT2D eigenvalue weighted by Crippen LogP contribution is 2.27. The second-order valence-corrected chi connectivity index (χ2v) is 11.1. The lowest BCUT2D eigenvalue weighted by Crippen LogP contribution is -2.40. The number of hydrogen-bond acceptors (Lipinski definition) is 3. The van der Waals surface area contributed by atoms with Crippen molar-refractivity contribution in [3.8, 4) is 5.69 Å². The number of hydrogen-bond donors (Lipinski definition) is 1. The molecule has 0 bridgehead atoms. The van der Waals surface area contributed by atoms with Crippen molar-refractivity contribution in [2.75, 3.05) is 18.4 Å². The van der Waals surface area contributed by atoms with Crippen molar-refractivity contribution in [3.05, 3.63) is 89.6 Å². The number of carbonyl (C=O) groups is 2. The van der Waals surface area contributed by atoms with Crippen LogP contribution in [0.3, 0.4) is 0 Å². The average Bonchev–Trinajstić information content (AvgIpc) is 3.27. The van der Waals surface area contributed by atoms with Crippen LogP contribution in [0.4, 0.5) is 5.82 Å². The summed E-state index contributed by atoms with van der Waals surface area (Å²) >= 11 is 0. The Kier molecular flexibility index (Phi) is 7.48. The SMILES string of the molecule is Cc1cccc(-n2nc(C(C)(C)C)cc2NC(=O)CN(CC(C)C)C(=O)c2ccc3ccccc3c2)c1. The predicted octanol–water partition coefficient (Wildman–Crippen LogP) is 6.37. The second-order valence-electron chi connectivity index (χ2n) is 11.1. The zero-order valence-electron chi connectivity index (χ0n) is 22.6. The van der Waals surface area contributed by atoms with Crippen LogP contribution in [0, 0.1) is 12.8 Å². The molecule has 192 valence electrons. The molecule has 0 spiro atoms. The van der Waals surface area contributed by atoms with Crippen LogP contribution in [0.1, 0.15) is 56.2 Å². The first-order valence-electron chi connectivity index (χ1n) is 12.8. The van der Waals surface area contributed by atoms with E-state index >= 15 is 0 Å². The highest BCUT2D eigenvalue weighted by Gasteiger charge is 2.24. The van der Waals surface area contributed by atoms with Crippen LogP contribution in [0.2, 0.25) is 0 Å². The first kappa shape index (κ1) is 26.1. The van der Waals surface area contributed by atoms with E-state index in [-0.39, 0.29) is 29.7 Å². The molecule has 0 saturated heterocycles. The normalized spacial score (nSPS) is 11.6. The van der Waals surface area contributed by atoms with Crippen molar-refractivity contribution >= 4 is 28.4 Å². The molecule has 37 heavy (non-hydrogen) atoms. The van der Waals surface area contributed by atoms with Gasteiger partial charge < -0.3 is 10.2 Å². The Balaban J connectivity index is 1.60. The standard InChI is InChI=1S/C31H36N4O2/c1-21(2)19-34(30(37)25-15-14-23-11-7-8-12-24(23)17-25)20-29(36)32-28-18-27(31(4,5)6)33-35(28)26-13-9-10-22(3)16-26/h7-18,21H,19-20H2,1-6H3,(H,32,36). The maximum atomic E-state index is 13.5. The summed E-state index contributed by atoms with van der Waals surface area (Å²) in [6.45, 7) is 12.8. The molecule has 1 N–H and O–H groups in total. The third kappa shape index (κ3) is 6.26. The Morgan fingerprint density at radius 1 is 0.946 bits per heavy atom. The van der Waals surface area contributed by atoms with Gasteiger partial charge >= 0.3 is 0 Å². The minimum Gasteiger partial charge on any atom is -0.329 e. The zero-order chi connectivity index (χ0) is 26.7. The molecular weight excluding hydrogens is 460 g/mol. The average molecular weight is 497 g/mol. The molecule has 0 fully saturated rings. The molecule has 0 unspecified atom stereocenters. The van der Waals surface area contributed by atoms with Gasteiger partial charge in [0.15, 0.2) is 0 Å². The number of nitrogens with one attached hydrogen (secondary N) is 1. The van der Waals surface area contributed by atoms with E-state index in [9.17, 15) is 9.59 Å². The lowest BCUT2D eigenvalue weighted by atomic mass is 9.92. The van der Waals surface area contributed by atoms with Crippen LogP contribution < -0.4 is 5.32 Å². The van der Waals surface area contributed by atoms with E-state index in [2.05, 4.69) is 26.1 Å². The number of fused-ring (bicyclic) bond motifs is 1. The first-order chi connectivity index (χ1) is 17.5. The van der Waals surface area contributed by atoms with Gasteiger partial charge in [-0.1, -0.05) is 77.1 Å². The van der Waals surface area contributed by atoms with Crippen molar-refractivity contribution in [1.82, 2.24) is 14.7 Å². The Hall–Kier alpha value is -3.93. The fraction of sp³-hybridized carbons (Fsp3) is 0.323. The van der Waals surface area contributed by atoms with Crippen molar-refractivity contribution in [3.63, 3.8) is 0 Å². The molecule has 2 amide bonds. The van der Waals surface area contributed by atoms with Crippen LogP contribution in [0.25, 0.3) is 16.5 Å². The summed E-state index contributed by atoms with van der Waals surface area (Å²) in [4.78, 5) is 28.4. The van der Waals surface area contributed by atoms with E-state index in [1.807, 2.05) is 93.6 Å². The summed E-state index contributed by atoms with van der Waals surface area (Å²) in [7, 11) is 0. The molecule has 0 saturated carbocycles. The topological polar surface area (TPSA) is 67.2 Å². The highest BCUT2D eigenvalue weighted by atomic mass is 16.2. The molecule has 1 heterocycles. The van der Waals surface area contributed by atoms with Gasteiger partial charge in [0.2, 0.25) is 5.91 Å². The first-order valence-corrected chi connectivity index (χ1v) is 12.8. The molecular formula is C31H36N4O2. The van der Waals surface area contributed by atoms with Gasteiger partial charge in [-0.05, 0) is 53.4 Å². The summed E-state index contributed by atoms with van der Waals surface area (Å²) in [5.74, 6) is 0.381. The number of amides is 2. The van der Waals surface area contributed by atoms with Crippen LogP contribution >= 0.6 is 0 Å². The summed E-state index contributed by atoms with van der Waals surface area (Å²) in [6, 6.07) is 23.5. The Labute approximate surface area is 219 Å². The fourth-order valence-corrected chi connectivity index (χ4v) is 4.31. The molecule has 1 aromatic heterocycles. The highest BCUT2D eigenvalue weighted by molar-refractivity contribution is 6.01. The molecule has 6 heteroatoms. The molecule has 0 aliphatic heterocycles.